The number of nitrogens with zero attached hydrogens (tertiary/aromatic N) is 1. The van der Waals surface area contributed by atoms with E-state index in [2.05, 4.69) is 22.9 Å². The van der Waals surface area contributed by atoms with E-state index in [4.69, 9.17) is 0 Å². The van der Waals surface area contributed by atoms with Crippen molar-refractivity contribution in [1.82, 2.24) is 4.90 Å². The Morgan fingerprint density at radius 3 is 2.12 bits per heavy atom. The summed E-state index contributed by atoms with van der Waals surface area (Å²) in [7, 11) is 0. The van der Waals surface area contributed by atoms with Crippen LogP contribution in [0.4, 0.5) is 0 Å². The van der Waals surface area contributed by atoms with Gasteiger partial charge in [0, 0.05) is 6.54 Å². The van der Waals surface area contributed by atoms with E-state index >= 15 is 0 Å². The molecule has 1 heterocycles. The molecule has 0 saturated carbocycles. The van der Waals surface area contributed by atoms with Crippen molar-refractivity contribution in [3.63, 3.8) is 0 Å². The van der Waals surface area contributed by atoms with E-state index < -0.39 is 11.9 Å². The van der Waals surface area contributed by atoms with Crippen LogP contribution < -0.4 is 0 Å². The van der Waals surface area contributed by atoms with Gasteiger partial charge in [0.15, 0.2) is 0 Å². The number of rotatable bonds is 2. The Bertz CT molecular complexity index is 431. The van der Waals surface area contributed by atoms with Gasteiger partial charge in [-0.2, -0.15) is 0 Å². The summed E-state index contributed by atoms with van der Waals surface area (Å²) in [6, 6.07) is 6.23. The zero-order valence-electron chi connectivity index (χ0n) is 10.0. The van der Waals surface area contributed by atoms with Crippen LogP contribution in [-0.2, 0) is 20.9 Å². The summed E-state index contributed by atoms with van der Waals surface area (Å²) in [5, 5.41) is 0. The van der Waals surface area contributed by atoms with Crippen molar-refractivity contribution < 1.29 is 14.3 Å². The zero-order chi connectivity index (χ0) is 12.4. The van der Waals surface area contributed by atoms with E-state index in [0.717, 1.165) is 5.56 Å². The minimum atomic E-state index is -0.467. The van der Waals surface area contributed by atoms with Gasteiger partial charge in [-0.15, -0.1) is 0 Å². The molecule has 1 aliphatic rings. The van der Waals surface area contributed by atoms with Crippen molar-refractivity contribution in [3.05, 3.63) is 34.9 Å². The molecule has 0 radical (unpaired) electrons. The number of benzene rings is 1. The third kappa shape index (κ3) is 3.14. The van der Waals surface area contributed by atoms with Crippen LogP contribution in [0.15, 0.2) is 18.2 Å². The standard InChI is InChI=1S/C13H15NO3/c1-9-3-10(2)5-11(4-9)6-14-7-12(15)17-13(16)8-14/h3-5H,6-8H2,1-2H3. The summed E-state index contributed by atoms with van der Waals surface area (Å²) in [5.41, 5.74) is 3.49. The third-order valence-corrected chi connectivity index (χ3v) is 2.62. The Labute approximate surface area is 100 Å². The normalized spacial score (nSPS) is 17.1. The first-order valence-corrected chi connectivity index (χ1v) is 5.56. The Kier molecular flexibility index (Phi) is 3.24. The topological polar surface area (TPSA) is 46.6 Å². The maximum Gasteiger partial charge on any atom is 0.327 e. The van der Waals surface area contributed by atoms with Crippen LogP contribution >= 0.6 is 0 Å². The number of hydrogen-bond donors (Lipinski definition) is 0. The maximum absolute atomic E-state index is 11.1. The number of ether oxygens (including phenoxy) is 1. The molecule has 4 nitrogen and oxygen atoms in total. The molecule has 0 unspecified atom stereocenters. The zero-order valence-corrected chi connectivity index (χ0v) is 10.0. The van der Waals surface area contributed by atoms with Crippen molar-refractivity contribution in [1.29, 1.82) is 0 Å². The van der Waals surface area contributed by atoms with Gasteiger partial charge in [-0.05, 0) is 19.4 Å². The Hall–Kier alpha value is -1.68. The van der Waals surface area contributed by atoms with Crippen LogP contribution in [0, 0.1) is 13.8 Å². The Morgan fingerprint density at radius 1 is 1.06 bits per heavy atom. The highest BCUT2D eigenvalue weighted by atomic mass is 16.6. The SMILES string of the molecule is Cc1cc(C)cc(CN2CC(=O)OC(=O)C2)c1. The fourth-order valence-electron chi connectivity index (χ4n) is 2.14. The van der Waals surface area contributed by atoms with E-state index in [-0.39, 0.29) is 13.1 Å². The fraction of sp³-hybridized carbons (Fsp3) is 0.385. The second-order valence-corrected chi connectivity index (χ2v) is 4.49. The quantitative estimate of drug-likeness (QED) is 0.568. The van der Waals surface area contributed by atoms with Crippen LogP contribution in [0.25, 0.3) is 0 Å². The van der Waals surface area contributed by atoms with Gasteiger partial charge in [-0.25, -0.2) is 0 Å². The fourth-order valence-corrected chi connectivity index (χ4v) is 2.14. The lowest BCUT2D eigenvalue weighted by Gasteiger charge is -2.24. The average Bonchev–Trinajstić information content (AvgIpc) is 2.13. The molecule has 2 rings (SSSR count). The van der Waals surface area contributed by atoms with E-state index in [1.807, 2.05) is 13.8 Å². The lowest BCUT2D eigenvalue weighted by atomic mass is 10.1. The Morgan fingerprint density at radius 2 is 1.59 bits per heavy atom. The summed E-state index contributed by atoms with van der Waals surface area (Å²) >= 11 is 0. The lowest BCUT2D eigenvalue weighted by molar-refractivity contribution is -0.167. The largest absolute Gasteiger partial charge is 0.391 e. The lowest BCUT2D eigenvalue weighted by Crippen LogP contribution is -2.42. The van der Waals surface area contributed by atoms with Crippen LogP contribution in [0.5, 0.6) is 0 Å². The van der Waals surface area contributed by atoms with Crippen molar-refractivity contribution in [2.75, 3.05) is 13.1 Å². The molecule has 1 aromatic rings. The molecule has 0 aromatic heterocycles. The molecule has 0 aliphatic carbocycles. The molecule has 0 atom stereocenters. The number of morpholine rings is 1. The van der Waals surface area contributed by atoms with Gasteiger partial charge in [0.2, 0.25) is 0 Å². The van der Waals surface area contributed by atoms with Gasteiger partial charge in [0.05, 0.1) is 13.1 Å². The van der Waals surface area contributed by atoms with Gasteiger partial charge in [-0.3, -0.25) is 14.5 Å². The number of cyclic esters (lactones) is 2. The molecule has 1 saturated heterocycles. The van der Waals surface area contributed by atoms with E-state index in [0.29, 0.717) is 6.54 Å². The van der Waals surface area contributed by atoms with Gasteiger partial charge in [-0.1, -0.05) is 29.3 Å². The number of aryl methyl sites for hydroxylation is 2. The van der Waals surface area contributed by atoms with E-state index in [1.165, 1.54) is 11.1 Å². The van der Waals surface area contributed by atoms with Crippen LogP contribution in [0.1, 0.15) is 16.7 Å². The summed E-state index contributed by atoms with van der Waals surface area (Å²) in [6.07, 6.45) is 0. The highest BCUT2D eigenvalue weighted by Crippen LogP contribution is 2.12. The number of hydrogen-bond acceptors (Lipinski definition) is 4. The van der Waals surface area contributed by atoms with Crippen LogP contribution in [0.2, 0.25) is 0 Å². The molecule has 1 fully saturated rings. The van der Waals surface area contributed by atoms with E-state index in [9.17, 15) is 9.59 Å². The first-order valence-electron chi connectivity index (χ1n) is 5.56. The molecule has 0 amide bonds. The van der Waals surface area contributed by atoms with E-state index in [1.54, 1.807) is 4.90 Å². The van der Waals surface area contributed by atoms with Gasteiger partial charge >= 0.3 is 11.9 Å². The van der Waals surface area contributed by atoms with Crippen LogP contribution in [-0.4, -0.2) is 29.9 Å². The number of carbonyl (C=O) groups excluding carboxylic acids is 2. The summed E-state index contributed by atoms with van der Waals surface area (Å²) in [5.74, 6) is -0.934. The third-order valence-electron chi connectivity index (χ3n) is 2.62. The first kappa shape index (κ1) is 11.8. The molecule has 0 N–H and O–H groups in total. The summed E-state index contributed by atoms with van der Waals surface area (Å²) in [4.78, 5) is 24.0. The summed E-state index contributed by atoms with van der Waals surface area (Å²) < 4.78 is 4.48. The monoisotopic (exact) mass is 233 g/mol. The highest BCUT2D eigenvalue weighted by Gasteiger charge is 2.24. The van der Waals surface area contributed by atoms with Crippen molar-refractivity contribution in [2.24, 2.45) is 0 Å². The molecule has 17 heavy (non-hydrogen) atoms. The summed E-state index contributed by atoms with van der Waals surface area (Å²) in [6.45, 7) is 5.03. The number of carbonyl (C=O) groups is 2. The minimum absolute atomic E-state index is 0.179. The van der Waals surface area contributed by atoms with Gasteiger partial charge in [0.25, 0.3) is 0 Å². The smallest absolute Gasteiger partial charge is 0.327 e. The predicted molar refractivity (Wildman–Crippen MR) is 62.3 cm³/mol. The number of esters is 2. The minimum Gasteiger partial charge on any atom is -0.391 e. The molecule has 4 heteroatoms. The molecule has 0 bridgehead atoms. The molecule has 0 spiro atoms. The van der Waals surface area contributed by atoms with Crippen molar-refractivity contribution in [2.45, 2.75) is 20.4 Å². The maximum atomic E-state index is 11.1. The molecule has 90 valence electrons. The average molecular weight is 233 g/mol. The molecule has 1 aliphatic heterocycles. The second-order valence-electron chi connectivity index (χ2n) is 4.49. The molecule has 1 aromatic carbocycles. The highest BCUT2D eigenvalue weighted by molar-refractivity contribution is 5.90. The van der Waals surface area contributed by atoms with Crippen molar-refractivity contribution >= 4 is 11.9 Å². The molecular weight excluding hydrogens is 218 g/mol. The van der Waals surface area contributed by atoms with Gasteiger partial charge in [0.1, 0.15) is 0 Å². The predicted octanol–water partition coefficient (Wildman–Crippen LogP) is 1.19. The van der Waals surface area contributed by atoms with Crippen LogP contribution in [0.3, 0.4) is 0 Å². The van der Waals surface area contributed by atoms with Gasteiger partial charge < -0.3 is 4.74 Å². The first-order chi connectivity index (χ1) is 8.02. The molecular formula is C13H15NO3. The second kappa shape index (κ2) is 4.67. The Balaban J connectivity index is 2.09. The van der Waals surface area contributed by atoms with Crippen molar-refractivity contribution in [3.8, 4) is 0 Å².